The largest absolute Gasteiger partial charge is 0.394 e. The minimum atomic E-state index is -1.54. The summed E-state index contributed by atoms with van der Waals surface area (Å²) in [5, 5.41) is 64.7. The fourth-order valence-electron chi connectivity index (χ4n) is 5.46. The molecule has 216 valence electrons. The highest BCUT2D eigenvalue weighted by molar-refractivity contribution is 5.01. The van der Waals surface area contributed by atoms with Gasteiger partial charge in [-0.25, -0.2) is 0 Å². The van der Waals surface area contributed by atoms with Crippen LogP contribution in [-0.4, -0.2) is 148 Å². The number of hydrogen-bond donors (Lipinski definition) is 11. The zero-order valence-corrected chi connectivity index (χ0v) is 20.5. The number of nitrogens with one attached hydrogen (secondary N) is 1. The Morgan fingerprint density at radius 2 is 1.43 bits per heavy atom. The molecule has 0 aromatic carbocycles. The minimum absolute atomic E-state index is 0.156. The lowest BCUT2D eigenvalue weighted by Gasteiger charge is -2.51. The van der Waals surface area contributed by atoms with Gasteiger partial charge in [0.2, 0.25) is 0 Å². The van der Waals surface area contributed by atoms with Crippen LogP contribution in [0, 0.1) is 0 Å². The predicted molar refractivity (Wildman–Crippen MR) is 123 cm³/mol. The molecule has 16 nitrogen and oxygen atoms in total. The fraction of sp³-hybridized carbons (Fsp3) is 1.00. The van der Waals surface area contributed by atoms with Gasteiger partial charge in [-0.15, -0.1) is 0 Å². The first kappa shape index (κ1) is 29.3. The molecular formula is C21H41N5O11. The topological polar surface area (TPSA) is 284 Å². The maximum absolute atomic E-state index is 11.1. The molecule has 4 rings (SSSR count). The fourth-order valence-corrected chi connectivity index (χ4v) is 5.46. The summed E-state index contributed by atoms with van der Waals surface area (Å²) in [5.74, 6) is 0. The van der Waals surface area contributed by atoms with Crippen LogP contribution in [0.25, 0.3) is 0 Å². The van der Waals surface area contributed by atoms with Crippen LogP contribution in [0.4, 0.5) is 0 Å². The Bertz CT molecular complexity index is 756. The van der Waals surface area contributed by atoms with Crippen LogP contribution >= 0.6 is 0 Å². The number of aliphatic hydroxyl groups is 6. The second-order valence-corrected chi connectivity index (χ2v) is 10.3. The normalized spacial score (nSPS) is 55.1. The molecule has 15 N–H and O–H groups in total. The van der Waals surface area contributed by atoms with E-state index in [1.165, 1.54) is 0 Å². The zero-order chi connectivity index (χ0) is 27.2. The monoisotopic (exact) mass is 539 g/mol. The van der Waals surface area contributed by atoms with E-state index >= 15 is 0 Å². The highest BCUT2D eigenvalue weighted by Crippen LogP contribution is 2.35. The molecule has 0 aromatic heterocycles. The van der Waals surface area contributed by atoms with Crippen molar-refractivity contribution in [1.29, 1.82) is 0 Å². The molecule has 1 saturated carbocycles. The lowest BCUT2D eigenvalue weighted by molar-refractivity contribution is -0.373. The summed E-state index contributed by atoms with van der Waals surface area (Å²) in [4.78, 5) is 0. The van der Waals surface area contributed by atoms with Crippen molar-refractivity contribution >= 4 is 0 Å². The Kier molecular flexibility index (Phi) is 9.40. The van der Waals surface area contributed by atoms with Gasteiger partial charge in [-0.2, -0.15) is 0 Å². The number of hydrogen-bond acceptors (Lipinski definition) is 16. The SMILES string of the molecule is CN[C@H]1[C@@H](O[C@H]2O[C@@H](CO)[C@@H](N)[C@@H](O)[C@H]2O)O[C@@H]2C[C@@H](N)C(O[C@H]3[C@@H](O)[C@H](O)[C@H](N)C[C@H]3N)O[C@@H]2[C@@H]1O. The third-order valence-electron chi connectivity index (χ3n) is 7.74. The number of fused-ring (bicyclic) bond motifs is 1. The van der Waals surface area contributed by atoms with Crippen molar-refractivity contribution in [2.75, 3.05) is 13.7 Å². The first-order chi connectivity index (χ1) is 17.5. The van der Waals surface area contributed by atoms with Crippen molar-refractivity contribution < 1.29 is 54.3 Å². The van der Waals surface area contributed by atoms with Gasteiger partial charge < -0.3 is 82.6 Å². The van der Waals surface area contributed by atoms with Crippen molar-refractivity contribution in [3.8, 4) is 0 Å². The third-order valence-corrected chi connectivity index (χ3v) is 7.74. The molecule has 4 fully saturated rings. The van der Waals surface area contributed by atoms with Crippen LogP contribution in [0.15, 0.2) is 0 Å². The summed E-state index contributed by atoms with van der Waals surface area (Å²) < 4.78 is 29.2. The Balaban J connectivity index is 1.43. The number of nitrogens with two attached hydrogens (primary N) is 4. The maximum atomic E-state index is 11.1. The summed E-state index contributed by atoms with van der Waals surface area (Å²) in [6, 6.07) is -4.05. The van der Waals surface area contributed by atoms with Gasteiger partial charge in [0.05, 0.1) is 36.9 Å². The lowest BCUT2D eigenvalue weighted by atomic mass is 9.84. The molecule has 17 atom stereocenters. The second-order valence-electron chi connectivity index (χ2n) is 10.3. The van der Waals surface area contributed by atoms with E-state index in [0.717, 1.165) is 0 Å². The Morgan fingerprint density at radius 3 is 2.08 bits per heavy atom. The zero-order valence-electron chi connectivity index (χ0n) is 20.5. The molecule has 0 spiro atoms. The first-order valence-corrected chi connectivity index (χ1v) is 12.5. The van der Waals surface area contributed by atoms with Crippen molar-refractivity contribution in [1.82, 2.24) is 5.32 Å². The van der Waals surface area contributed by atoms with E-state index in [2.05, 4.69) is 5.32 Å². The molecule has 3 aliphatic heterocycles. The minimum Gasteiger partial charge on any atom is -0.394 e. The molecular weight excluding hydrogens is 498 g/mol. The van der Waals surface area contributed by atoms with Crippen molar-refractivity contribution in [3.05, 3.63) is 0 Å². The van der Waals surface area contributed by atoms with Gasteiger partial charge >= 0.3 is 0 Å². The van der Waals surface area contributed by atoms with Crippen LogP contribution in [0.5, 0.6) is 0 Å². The van der Waals surface area contributed by atoms with Crippen molar-refractivity contribution in [3.63, 3.8) is 0 Å². The van der Waals surface area contributed by atoms with Crippen LogP contribution in [0.1, 0.15) is 12.8 Å². The molecule has 0 radical (unpaired) electrons. The highest BCUT2D eigenvalue weighted by Gasteiger charge is 2.54. The van der Waals surface area contributed by atoms with Gasteiger partial charge in [-0.1, -0.05) is 0 Å². The van der Waals surface area contributed by atoms with E-state index in [1.807, 2.05) is 0 Å². The van der Waals surface area contributed by atoms with Gasteiger partial charge in [0.25, 0.3) is 0 Å². The van der Waals surface area contributed by atoms with E-state index in [9.17, 15) is 30.6 Å². The first-order valence-electron chi connectivity index (χ1n) is 12.5. The molecule has 0 amide bonds. The van der Waals surface area contributed by atoms with Crippen molar-refractivity contribution in [2.45, 2.75) is 117 Å². The van der Waals surface area contributed by atoms with Crippen LogP contribution in [0.2, 0.25) is 0 Å². The Hall–Kier alpha value is -0.640. The Morgan fingerprint density at radius 1 is 0.730 bits per heavy atom. The molecule has 37 heavy (non-hydrogen) atoms. The molecule has 1 unspecified atom stereocenters. The Labute approximate surface area is 213 Å². The number of likely N-dealkylation sites (N-methyl/N-ethyl adjacent to an activating group) is 1. The van der Waals surface area contributed by atoms with E-state index < -0.39 is 111 Å². The number of aliphatic hydroxyl groups excluding tert-OH is 6. The average Bonchev–Trinajstić information content (AvgIpc) is 2.86. The average molecular weight is 540 g/mol. The van der Waals surface area contributed by atoms with E-state index in [0.29, 0.717) is 0 Å². The van der Waals surface area contributed by atoms with Gasteiger partial charge in [-0.05, 0) is 19.9 Å². The molecule has 0 aromatic rings. The summed E-state index contributed by atoms with van der Waals surface area (Å²) in [6.07, 6.45) is -13.7. The second kappa shape index (κ2) is 11.8. The highest BCUT2D eigenvalue weighted by atomic mass is 16.8. The standard InChI is InChI=1S/C21H41N5O11/c1-26-11-14(30)18-8(33-20(11)37-21-16(32)13(29)10(25)9(4-27)34-21)3-7(24)19(36-18)35-17-6(23)2-5(22)12(28)15(17)31/h5-21,26-32H,2-4,22-25H2,1H3/t5-,6-,7-,8-,9+,10-,11-,12-,13-,14-,15+,16-,17-,18+,19?,20-,21-/m1/s1. The van der Waals surface area contributed by atoms with Gasteiger partial charge in [0, 0.05) is 12.1 Å². The maximum Gasteiger partial charge on any atom is 0.189 e. The van der Waals surface area contributed by atoms with E-state index in [4.69, 9.17) is 46.6 Å². The number of rotatable bonds is 6. The molecule has 3 saturated heterocycles. The molecule has 1 aliphatic carbocycles. The summed E-state index contributed by atoms with van der Waals surface area (Å²) >= 11 is 0. The summed E-state index contributed by atoms with van der Waals surface area (Å²) in [6.45, 7) is -0.508. The van der Waals surface area contributed by atoms with Gasteiger partial charge in [-0.3, -0.25) is 0 Å². The van der Waals surface area contributed by atoms with Crippen LogP contribution in [0.3, 0.4) is 0 Å². The quantitative estimate of drug-likeness (QED) is 0.149. The van der Waals surface area contributed by atoms with Crippen molar-refractivity contribution in [2.24, 2.45) is 22.9 Å². The van der Waals surface area contributed by atoms with E-state index in [1.54, 1.807) is 7.05 Å². The molecule has 16 heteroatoms. The van der Waals surface area contributed by atoms with Crippen LogP contribution < -0.4 is 28.3 Å². The number of ether oxygens (including phenoxy) is 5. The summed E-state index contributed by atoms with van der Waals surface area (Å²) in [5.41, 5.74) is 24.0. The molecule has 4 aliphatic rings. The van der Waals surface area contributed by atoms with E-state index in [-0.39, 0.29) is 12.8 Å². The van der Waals surface area contributed by atoms with Gasteiger partial charge in [0.15, 0.2) is 18.9 Å². The smallest absolute Gasteiger partial charge is 0.189 e. The third kappa shape index (κ3) is 5.66. The summed E-state index contributed by atoms with van der Waals surface area (Å²) in [7, 11) is 1.55. The molecule has 0 bridgehead atoms. The van der Waals surface area contributed by atoms with Crippen LogP contribution in [-0.2, 0) is 23.7 Å². The predicted octanol–water partition coefficient (Wildman–Crippen LogP) is -6.95. The van der Waals surface area contributed by atoms with Gasteiger partial charge in [0.1, 0.15) is 42.7 Å². The molecule has 3 heterocycles. The lowest BCUT2D eigenvalue weighted by Crippen LogP contribution is -2.70.